The summed E-state index contributed by atoms with van der Waals surface area (Å²) < 4.78 is 0. The zero-order valence-electron chi connectivity index (χ0n) is 7.36. The molecule has 1 heterocycles. The van der Waals surface area contributed by atoms with Crippen molar-refractivity contribution in [1.82, 2.24) is 9.97 Å². The number of nitrogens with zero attached hydrogens (tertiary/aromatic N) is 1. The van der Waals surface area contributed by atoms with E-state index < -0.39 is 0 Å². The van der Waals surface area contributed by atoms with Gasteiger partial charge in [0.15, 0.2) is 0 Å². The zero-order valence-corrected chi connectivity index (χ0v) is 7.36. The molecule has 1 aromatic carbocycles. The lowest BCUT2D eigenvalue weighted by Gasteiger charge is -2.00. The number of aromatic amines is 1. The molecule has 2 rings (SSSR count). The van der Waals surface area contributed by atoms with E-state index in [-0.39, 0.29) is 12.2 Å². The molecule has 0 atom stereocenters. The van der Waals surface area contributed by atoms with Crippen molar-refractivity contribution >= 4 is 10.9 Å². The van der Waals surface area contributed by atoms with Crippen LogP contribution in [0, 0.1) is 0 Å². The summed E-state index contributed by atoms with van der Waals surface area (Å²) >= 11 is 0. The first-order chi connectivity index (χ1) is 6.81. The fraction of sp³-hybridized carbons (Fsp3) is 0.111. The van der Waals surface area contributed by atoms with E-state index in [9.17, 15) is 4.79 Å². The molecule has 72 valence electrons. The van der Waals surface area contributed by atoms with E-state index in [1.54, 1.807) is 18.2 Å². The van der Waals surface area contributed by atoms with E-state index in [2.05, 4.69) is 14.8 Å². The molecule has 0 radical (unpaired) electrons. The molecular weight excluding hydrogens is 182 g/mol. The molecule has 0 aliphatic carbocycles. The van der Waals surface area contributed by atoms with Crippen molar-refractivity contribution in [2.24, 2.45) is 5.90 Å². The highest BCUT2D eigenvalue weighted by molar-refractivity contribution is 5.77. The lowest BCUT2D eigenvalue weighted by Crippen LogP contribution is -2.13. The third kappa shape index (κ3) is 1.50. The molecule has 0 spiro atoms. The fourth-order valence-corrected chi connectivity index (χ4v) is 1.28. The van der Waals surface area contributed by atoms with Crippen molar-refractivity contribution in [2.45, 2.75) is 6.61 Å². The van der Waals surface area contributed by atoms with Crippen LogP contribution < -0.4 is 11.5 Å². The van der Waals surface area contributed by atoms with Crippen molar-refractivity contribution in [3.63, 3.8) is 0 Å². The molecule has 0 fully saturated rings. The van der Waals surface area contributed by atoms with Crippen molar-refractivity contribution in [1.29, 1.82) is 0 Å². The molecule has 0 saturated carbocycles. The normalized spacial score (nSPS) is 10.6. The largest absolute Gasteiger partial charge is 0.308 e. The van der Waals surface area contributed by atoms with Gasteiger partial charge in [-0.25, -0.2) is 10.9 Å². The number of nitrogens with one attached hydrogen (secondary N) is 1. The van der Waals surface area contributed by atoms with Crippen LogP contribution in [-0.2, 0) is 11.4 Å². The average Bonchev–Trinajstić information content (AvgIpc) is 2.18. The minimum Gasteiger partial charge on any atom is -0.308 e. The molecule has 2 aromatic rings. The maximum absolute atomic E-state index is 11.5. The number of fused-ring (bicyclic) bond motifs is 1. The Morgan fingerprint density at radius 3 is 3.00 bits per heavy atom. The number of benzene rings is 1. The number of rotatable bonds is 2. The van der Waals surface area contributed by atoms with Gasteiger partial charge in [-0.2, -0.15) is 0 Å². The van der Waals surface area contributed by atoms with Crippen LogP contribution in [-0.4, -0.2) is 9.97 Å². The number of hydrogen-bond acceptors (Lipinski definition) is 4. The molecular formula is C9H9N3O2. The van der Waals surface area contributed by atoms with Crippen LogP contribution in [0.25, 0.3) is 10.9 Å². The first-order valence-corrected chi connectivity index (χ1v) is 4.11. The highest BCUT2D eigenvalue weighted by Crippen LogP contribution is 2.05. The minimum atomic E-state index is -0.178. The van der Waals surface area contributed by atoms with Gasteiger partial charge < -0.3 is 4.98 Å². The Morgan fingerprint density at radius 1 is 1.43 bits per heavy atom. The van der Waals surface area contributed by atoms with Gasteiger partial charge in [-0.1, -0.05) is 12.1 Å². The minimum absolute atomic E-state index is 0.0973. The van der Waals surface area contributed by atoms with Gasteiger partial charge in [0, 0.05) is 0 Å². The quantitative estimate of drug-likeness (QED) is 0.669. The van der Waals surface area contributed by atoms with Crippen LogP contribution in [0.5, 0.6) is 0 Å². The van der Waals surface area contributed by atoms with E-state index >= 15 is 0 Å². The summed E-state index contributed by atoms with van der Waals surface area (Å²) in [4.78, 5) is 22.6. The molecule has 0 amide bonds. The lowest BCUT2D eigenvalue weighted by molar-refractivity contribution is 0.118. The first-order valence-electron chi connectivity index (χ1n) is 4.11. The van der Waals surface area contributed by atoms with Gasteiger partial charge in [0.1, 0.15) is 12.4 Å². The van der Waals surface area contributed by atoms with E-state index in [0.29, 0.717) is 16.7 Å². The molecule has 3 N–H and O–H groups in total. The summed E-state index contributed by atoms with van der Waals surface area (Å²) in [5.41, 5.74) is 0.464. The zero-order chi connectivity index (χ0) is 9.97. The summed E-state index contributed by atoms with van der Waals surface area (Å²) in [5, 5.41) is 0.563. The summed E-state index contributed by atoms with van der Waals surface area (Å²) in [7, 11) is 0. The predicted octanol–water partition coefficient (Wildman–Crippen LogP) is 0.313. The van der Waals surface area contributed by atoms with Crippen molar-refractivity contribution in [2.75, 3.05) is 0 Å². The van der Waals surface area contributed by atoms with Crippen LogP contribution in [0.1, 0.15) is 5.82 Å². The highest BCUT2D eigenvalue weighted by atomic mass is 16.6. The van der Waals surface area contributed by atoms with E-state index in [4.69, 9.17) is 5.90 Å². The maximum atomic E-state index is 11.5. The van der Waals surface area contributed by atoms with Crippen molar-refractivity contribution in [3.8, 4) is 0 Å². The van der Waals surface area contributed by atoms with Gasteiger partial charge >= 0.3 is 0 Å². The van der Waals surface area contributed by atoms with Crippen LogP contribution in [0.3, 0.4) is 0 Å². The lowest BCUT2D eigenvalue weighted by atomic mass is 10.2. The second kappa shape index (κ2) is 3.57. The van der Waals surface area contributed by atoms with E-state index in [0.717, 1.165) is 0 Å². The SMILES string of the molecule is NOCc1nc2ccccc2c(=O)[nH]1. The number of nitrogens with two attached hydrogens (primary N) is 1. The van der Waals surface area contributed by atoms with Gasteiger partial charge in [0.2, 0.25) is 0 Å². The predicted molar refractivity (Wildman–Crippen MR) is 51.3 cm³/mol. The Kier molecular flexibility index (Phi) is 2.26. The smallest absolute Gasteiger partial charge is 0.258 e. The molecule has 1 aromatic heterocycles. The van der Waals surface area contributed by atoms with Crippen LogP contribution >= 0.6 is 0 Å². The molecule has 14 heavy (non-hydrogen) atoms. The first kappa shape index (κ1) is 8.86. The molecule has 0 saturated heterocycles. The summed E-state index contributed by atoms with van der Waals surface area (Å²) in [6, 6.07) is 7.10. The van der Waals surface area contributed by atoms with E-state index in [1.807, 2.05) is 6.07 Å². The maximum Gasteiger partial charge on any atom is 0.258 e. The Hall–Kier alpha value is -1.72. The molecule has 0 aliphatic rings. The van der Waals surface area contributed by atoms with Gasteiger partial charge in [-0.05, 0) is 12.1 Å². The van der Waals surface area contributed by atoms with Crippen molar-refractivity contribution < 1.29 is 4.84 Å². The summed E-state index contributed by atoms with van der Waals surface area (Å²) in [5.74, 6) is 5.32. The van der Waals surface area contributed by atoms with Gasteiger partial charge in [0.05, 0.1) is 10.9 Å². The Morgan fingerprint density at radius 2 is 2.21 bits per heavy atom. The highest BCUT2D eigenvalue weighted by Gasteiger charge is 2.01. The van der Waals surface area contributed by atoms with Gasteiger partial charge in [-0.15, -0.1) is 0 Å². The Bertz CT molecular complexity index is 507. The third-order valence-corrected chi connectivity index (χ3v) is 1.88. The van der Waals surface area contributed by atoms with Crippen LogP contribution in [0.4, 0.5) is 0 Å². The second-order valence-corrected chi connectivity index (χ2v) is 2.84. The monoisotopic (exact) mass is 191 g/mol. The molecule has 5 heteroatoms. The molecule has 0 unspecified atom stereocenters. The summed E-state index contributed by atoms with van der Waals surface area (Å²) in [6.45, 7) is 0.0973. The van der Waals surface area contributed by atoms with Gasteiger partial charge in [0.25, 0.3) is 5.56 Å². The Labute approximate surface area is 79.5 Å². The molecule has 5 nitrogen and oxygen atoms in total. The summed E-state index contributed by atoms with van der Waals surface area (Å²) in [6.07, 6.45) is 0. The van der Waals surface area contributed by atoms with Crippen molar-refractivity contribution in [3.05, 3.63) is 40.4 Å². The number of para-hydroxylation sites is 1. The van der Waals surface area contributed by atoms with E-state index in [1.165, 1.54) is 0 Å². The third-order valence-electron chi connectivity index (χ3n) is 1.88. The average molecular weight is 191 g/mol. The molecule has 0 bridgehead atoms. The topological polar surface area (TPSA) is 81.0 Å². The number of hydrogen-bond donors (Lipinski definition) is 2. The van der Waals surface area contributed by atoms with Gasteiger partial charge in [-0.3, -0.25) is 9.63 Å². The van der Waals surface area contributed by atoms with Crippen LogP contribution in [0.15, 0.2) is 29.1 Å². The number of H-pyrrole nitrogens is 1. The fourth-order valence-electron chi connectivity index (χ4n) is 1.28. The van der Waals surface area contributed by atoms with Crippen LogP contribution in [0.2, 0.25) is 0 Å². The number of aromatic nitrogens is 2. The Balaban J connectivity index is 2.66. The molecule has 0 aliphatic heterocycles. The second-order valence-electron chi connectivity index (χ2n) is 2.84. The standard InChI is InChI=1S/C9H9N3O2/c10-14-5-8-11-7-4-2-1-3-6(7)9(13)12-8/h1-4H,5,10H2,(H,11,12,13).